The van der Waals surface area contributed by atoms with E-state index in [0.29, 0.717) is 5.02 Å². The molecule has 1 saturated heterocycles. The third-order valence-corrected chi connectivity index (χ3v) is 6.00. The molecule has 0 atom stereocenters. The molecule has 0 aromatic heterocycles. The molecule has 25 heavy (non-hydrogen) atoms. The summed E-state index contributed by atoms with van der Waals surface area (Å²) in [4.78, 5) is 26.4. The maximum absolute atomic E-state index is 13.4. The molecule has 1 aliphatic heterocycles. The fraction of sp³-hybridized carbons (Fsp3) is 0.579. The van der Waals surface area contributed by atoms with E-state index >= 15 is 0 Å². The Balaban J connectivity index is 1.85. The number of likely N-dealkylation sites (tertiary alicyclic amines) is 1. The van der Waals surface area contributed by atoms with Gasteiger partial charge in [-0.2, -0.15) is 0 Å². The fourth-order valence-electron chi connectivity index (χ4n) is 4.16. The number of hydrogen-bond donors (Lipinski definition) is 2. The molecule has 2 aliphatic rings. The summed E-state index contributed by atoms with van der Waals surface area (Å²) in [7, 11) is 0. The van der Waals surface area contributed by atoms with E-state index in [2.05, 4.69) is 0 Å². The Kier molecular flexibility index (Phi) is 5.07. The van der Waals surface area contributed by atoms with Crippen LogP contribution in [0, 0.1) is 0 Å². The molecule has 0 bridgehead atoms. The topological polar surface area (TPSA) is 77.8 Å². The van der Waals surface area contributed by atoms with Crippen LogP contribution in [0.5, 0.6) is 0 Å². The molecule has 3 rings (SSSR count). The van der Waals surface area contributed by atoms with E-state index in [4.69, 9.17) is 16.7 Å². The number of amides is 1. The van der Waals surface area contributed by atoms with Crippen LogP contribution in [-0.2, 0) is 15.0 Å². The predicted molar refractivity (Wildman–Crippen MR) is 94.6 cm³/mol. The average molecular weight is 366 g/mol. The van der Waals surface area contributed by atoms with Crippen LogP contribution in [-0.4, -0.2) is 45.7 Å². The van der Waals surface area contributed by atoms with Crippen LogP contribution < -0.4 is 0 Å². The highest BCUT2D eigenvalue weighted by Gasteiger charge is 2.47. The van der Waals surface area contributed by atoms with E-state index in [-0.39, 0.29) is 31.8 Å². The lowest BCUT2D eigenvalue weighted by Gasteiger charge is -2.43. The van der Waals surface area contributed by atoms with Crippen molar-refractivity contribution in [2.24, 2.45) is 0 Å². The third-order valence-electron chi connectivity index (χ3n) is 5.77. The van der Waals surface area contributed by atoms with Gasteiger partial charge in [0.1, 0.15) is 0 Å². The summed E-state index contributed by atoms with van der Waals surface area (Å²) in [5.41, 5.74) is -1.35. The molecule has 1 aromatic carbocycles. The molecular weight excluding hydrogens is 342 g/mol. The van der Waals surface area contributed by atoms with Crippen LogP contribution in [0.25, 0.3) is 0 Å². The monoisotopic (exact) mass is 365 g/mol. The Morgan fingerprint density at radius 3 is 2.24 bits per heavy atom. The first kappa shape index (κ1) is 18.2. The van der Waals surface area contributed by atoms with Crippen molar-refractivity contribution in [1.29, 1.82) is 0 Å². The van der Waals surface area contributed by atoms with E-state index in [0.717, 1.165) is 37.7 Å². The van der Waals surface area contributed by atoms with Gasteiger partial charge in [-0.3, -0.25) is 4.79 Å². The van der Waals surface area contributed by atoms with Crippen molar-refractivity contribution in [1.82, 2.24) is 4.90 Å². The molecule has 6 heteroatoms. The molecule has 5 nitrogen and oxygen atoms in total. The van der Waals surface area contributed by atoms with Crippen molar-refractivity contribution in [3.8, 4) is 0 Å². The minimum atomic E-state index is -1.72. The molecule has 1 amide bonds. The number of carboxylic acids is 1. The minimum Gasteiger partial charge on any atom is -0.479 e. The standard InChI is InChI=1S/C19H24ClNO4/c20-15-6-4-5-14(13-15)18(7-2-1-3-8-18)16(22)21-11-9-19(25,10-12-21)17(23)24/h4-6,13,25H,1-3,7-12H2,(H,23,24). The number of hydrogen-bond acceptors (Lipinski definition) is 3. The molecule has 1 aliphatic carbocycles. The van der Waals surface area contributed by atoms with Crippen LogP contribution >= 0.6 is 11.6 Å². The van der Waals surface area contributed by atoms with E-state index in [9.17, 15) is 14.7 Å². The van der Waals surface area contributed by atoms with Gasteiger partial charge in [-0.15, -0.1) is 0 Å². The van der Waals surface area contributed by atoms with Gasteiger partial charge in [-0.25, -0.2) is 4.79 Å². The zero-order chi connectivity index (χ0) is 18.1. The second kappa shape index (κ2) is 6.96. The Bertz CT molecular complexity index is 661. The maximum Gasteiger partial charge on any atom is 0.335 e. The van der Waals surface area contributed by atoms with Crippen LogP contribution in [0.2, 0.25) is 5.02 Å². The van der Waals surface area contributed by atoms with E-state index in [1.807, 2.05) is 18.2 Å². The summed E-state index contributed by atoms with van der Waals surface area (Å²) in [6.45, 7) is 0.536. The van der Waals surface area contributed by atoms with Crippen molar-refractivity contribution in [3.05, 3.63) is 34.9 Å². The first-order valence-electron chi connectivity index (χ1n) is 8.89. The van der Waals surface area contributed by atoms with Crippen molar-refractivity contribution in [2.45, 2.75) is 56.0 Å². The van der Waals surface area contributed by atoms with E-state index in [1.54, 1.807) is 11.0 Å². The molecule has 2 fully saturated rings. The number of carbonyl (C=O) groups is 2. The lowest BCUT2D eigenvalue weighted by Crippen LogP contribution is -2.55. The number of benzene rings is 1. The summed E-state index contributed by atoms with van der Waals surface area (Å²) in [5, 5.41) is 19.9. The van der Waals surface area contributed by atoms with Gasteiger partial charge in [0.25, 0.3) is 0 Å². The molecule has 0 spiro atoms. The third kappa shape index (κ3) is 3.40. The van der Waals surface area contributed by atoms with Crippen molar-refractivity contribution < 1.29 is 19.8 Å². The molecule has 1 aromatic rings. The molecule has 0 unspecified atom stereocenters. The first-order chi connectivity index (χ1) is 11.9. The zero-order valence-electron chi connectivity index (χ0n) is 14.2. The number of aliphatic hydroxyl groups is 1. The maximum atomic E-state index is 13.4. The van der Waals surface area contributed by atoms with Gasteiger partial charge in [0.15, 0.2) is 5.60 Å². The summed E-state index contributed by atoms with van der Waals surface area (Å²) in [6, 6.07) is 7.52. The lowest BCUT2D eigenvalue weighted by molar-refractivity contribution is -0.166. The number of nitrogens with zero attached hydrogens (tertiary/aromatic N) is 1. The predicted octanol–water partition coefficient (Wildman–Crippen LogP) is 2.98. The van der Waals surface area contributed by atoms with E-state index < -0.39 is 17.0 Å². The molecule has 2 N–H and O–H groups in total. The van der Waals surface area contributed by atoms with Gasteiger partial charge < -0.3 is 15.1 Å². The highest BCUT2D eigenvalue weighted by Crippen LogP contribution is 2.42. The zero-order valence-corrected chi connectivity index (χ0v) is 15.0. The Hall–Kier alpha value is -1.59. The van der Waals surface area contributed by atoms with Crippen LogP contribution in [0.15, 0.2) is 24.3 Å². The van der Waals surface area contributed by atoms with Crippen molar-refractivity contribution in [2.75, 3.05) is 13.1 Å². The summed E-state index contributed by atoms with van der Waals surface area (Å²) in [6.07, 6.45) is 4.81. The quantitative estimate of drug-likeness (QED) is 0.863. The van der Waals surface area contributed by atoms with Gasteiger partial charge >= 0.3 is 5.97 Å². The van der Waals surface area contributed by atoms with Crippen LogP contribution in [0.1, 0.15) is 50.5 Å². The first-order valence-corrected chi connectivity index (χ1v) is 9.26. The number of piperidine rings is 1. The molecule has 1 saturated carbocycles. The second-order valence-electron chi connectivity index (χ2n) is 7.28. The van der Waals surface area contributed by atoms with Crippen molar-refractivity contribution in [3.63, 3.8) is 0 Å². The molecule has 0 radical (unpaired) electrons. The Morgan fingerprint density at radius 1 is 1.04 bits per heavy atom. The number of carbonyl (C=O) groups excluding carboxylic acids is 1. The van der Waals surface area contributed by atoms with E-state index in [1.165, 1.54) is 0 Å². The van der Waals surface area contributed by atoms with Gasteiger partial charge in [-0.05, 0) is 30.5 Å². The SMILES string of the molecule is O=C(O)C1(O)CCN(C(=O)C2(c3cccc(Cl)c3)CCCCC2)CC1. The molecular formula is C19H24ClNO4. The lowest BCUT2D eigenvalue weighted by atomic mass is 9.68. The average Bonchev–Trinajstić information content (AvgIpc) is 2.62. The van der Waals surface area contributed by atoms with Gasteiger partial charge in [0, 0.05) is 31.0 Å². The van der Waals surface area contributed by atoms with Gasteiger partial charge in [0.05, 0.1) is 5.41 Å². The van der Waals surface area contributed by atoms with Crippen LogP contribution in [0.3, 0.4) is 0 Å². The van der Waals surface area contributed by atoms with Crippen molar-refractivity contribution >= 4 is 23.5 Å². The summed E-state index contributed by atoms with van der Waals surface area (Å²) >= 11 is 6.17. The summed E-state index contributed by atoms with van der Waals surface area (Å²) < 4.78 is 0. The molecule has 136 valence electrons. The van der Waals surface area contributed by atoms with Gasteiger partial charge in [0.2, 0.25) is 5.91 Å². The number of carboxylic acid groups (broad SMARTS) is 1. The molecule has 1 heterocycles. The van der Waals surface area contributed by atoms with Gasteiger partial charge in [-0.1, -0.05) is 43.0 Å². The van der Waals surface area contributed by atoms with Crippen LogP contribution in [0.4, 0.5) is 0 Å². The number of aliphatic carboxylic acids is 1. The fourth-order valence-corrected chi connectivity index (χ4v) is 4.35. The smallest absolute Gasteiger partial charge is 0.335 e. The number of rotatable bonds is 3. The normalized spacial score (nSPS) is 22.4. The number of halogens is 1. The highest BCUT2D eigenvalue weighted by atomic mass is 35.5. The largest absolute Gasteiger partial charge is 0.479 e. The Morgan fingerprint density at radius 2 is 1.68 bits per heavy atom. The summed E-state index contributed by atoms with van der Waals surface area (Å²) in [5.74, 6) is -1.16. The second-order valence-corrected chi connectivity index (χ2v) is 7.72. The Labute approximate surface area is 152 Å². The highest BCUT2D eigenvalue weighted by molar-refractivity contribution is 6.30. The minimum absolute atomic E-state index is 0.0434.